The van der Waals surface area contributed by atoms with E-state index in [1.54, 1.807) is 0 Å². The molecule has 0 aliphatic carbocycles. The number of hydrogen-bond acceptors (Lipinski definition) is 2. The van der Waals surface area contributed by atoms with Gasteiger partial charge in [0.2, 0.25) is 0 Å². The average Bonchev–Trinajstić information content (AvgIpc) is 2.44. The van der Waals surface area contributed by atoms with Gasteiger partial charge < -0.3 is 5.11 Å². The standard InChI is InChI=1S/C8H13NO2/c1-5-7(8(10)11)6-2-3-9(5)4-6/h5-7H,2-4H2,1H3,(H,10,11). The second-order valence-electron chi connectivity index (χ2n) is 3.65. The van der Waals surface area contributed by atoms with Crippen LogP contribution in [0.25, 0.3) is 0 Å². The first-order valence-electron chi connectivity index (χ1n) is 4.17. The Bertz CT molecular complexity index is 191. The van der Waals surface area contributed by atoms with Gasteiger partial charge in [0.15, 0.2) is 0 Å². The van der Waals surface area contributed by atoms with Gasteiger partial charge in [-0.2, -0.15) is 0 Å². The summed E-state index contributed by atoms with van der Waals surface area (Å²) < 4.78 is 0. The van der Waals surface area contributed by atoms with Crippen LogP contribution in [0, 0.1) is 11.8 Å². The molecule has 2 rings (SSSR count). The van der Waals surface area contributed by atoms with E-state index in [2.05, 4.69) is 4.90 Å². The van der Waals surface area contributed by atoms with E-state index < -0.39 is 5.97 Å². The minimum atomic E-state index is -0.607. The molecule has 1 N–H and O–H groups in total. The number of aliphatic carboxylic acids is 1. The van der Waals surface area contributed by atoms with E-state index in [-0.39, 0.29) is 12.0 Å². The Kier molecular flexibility index (Phi) is 1.42. The molecule has 2 aliphatic heterocycles. The monoisotopic (exact) mass is 155 g/mol. The summed E-state index contributed by atoms with van der Waals surface area (Å²) >= 11 is 0. The summed E-state index contributed by atoms with van der Waals surface area (Å²) in [4.78, 5) is 13.1. The van der Waals surface area contributed by atoms with Gasteiger partial charge in [-0.3, -0.25) is 9.69 Å². The zero-order chi connectivity index (χ0) is 8.01. The van der Waals surface area contributed by atoms with Crippen molar-refractivity contribution in [2.24, 2.45) is 11.8 Å². The van der Waals surface area contributed by atoms with E-state index in [0.29, 0.717) is 5.92 Å². The molecule has 0 saturated carbocycles. The van der Waals surface area contributed by atoms with Crippen molar-refractivity contribution in [3.63, 3.8) is 0 Å². The van der Waals surface area contributed by atoms with Crippen LogP contribution in [0.1, 0.15) is 13.3 Å². The zero-order valence-electron chi connectivity index (χ0n) is 6.66. The second kappa shape index (κ2) is 2.21. The van der Waals surface area contributed by atoms with Crippen LogP contribution in [-0.2, 0) is 4.79 Å². The third-order valence-corrected chi connectivity index (χ3v) is 3.14. The van der Waals surface area contributed by atoms with Gasteiger partial charge in [0.1, 0.15) is 0 Å². The lowest BCUT2D eigenvalue weighted by atomic mass is 9.88. The summed E-state index contributed by atoms with van der Waals surface area (Å²) in [6, 6.07) is 0.270. The highest BCUT2D eigenvalue weighted by Gasteiger charge is 2.47. The number of fused-ring (bicyclic) bond motifs is 2. The third kappa shape index (κ3) is 0.872. The Morgan fingerprint density at radius 1 is 1.64 bits per heavy atom. The van der Waals surface area contributed by atoms with Crippen LogP contribution >= 0.6 is 0 Å². The smallest absolute Gasteiger partial charge is 0.308 e. The van der Waals surface area contributed by atoms with Crippen LogP contribution in [0.5, 0.6) is 0 Å². The molecule has 2 fully saturated rings. The normalized spacial score (nSPS) is 48.1. The number of carboxylic acids is 1. The molecule has 3 nitrogen and oxygen atoms in total. The van der Waals surface area contributed by atoms with Crippen LogP contribution in [0.15, 0.2) is 0 Å². The predicted octanol–water partition coefficient (Wildman–Crippen LogP) is 0.411. The number of nitrogens with zero attached hydrogens (tertiary/aromatic N) is 1. The molecular formula is C8H13NO2. The van der Waals surface area contributed by atoms with Crippen LogP contribution in [-0.4, -0.2) is 35.1 Å². The summed E-state index contributed by atoms with van der Waals surface area (Å²) in [5, 5.41) is 8.88. The van der Waals surface area contributed by atoms with Crippen LogP contribution in [0.3, 0.4) is 0 Å². The van der Waals surface area contributed by atoms with E-state index >= 15 is 0 Å². The largest absolute Gasteiger partial charge is 0.481 e. The minimum Gasteiger partial charge on any atom is -0.481 e. The number of piperidine rings is 1. The fourth-order valence-corrected chi connectivity index (χ4v) is 2.51. The van der Waals surface area contributed by atoms with Crippen molar-refractivity contribution in [3.05, 3.63) is 0 Å². The average molecular weight is 155 g/mol. The molecule has 0 aromatic heterocycles. The molecule has 4 atom stereocenters. The van der Waals surface area contributed by atoms with Gasteiger partial charge in [-0.25, -0.2) is 0 Å². The van der Waals surface area contributed by atoms with Gasteiger partial charge in [-0.1, -0.05) is 0 Å². The van der Waals surface area contributed by atoms with Gasteiger partial charge >= 0.3 is 5.97 Å². The molecule has 0 spiro atoms. The Morgan fingerprint density at radius 3 is 2.73 bits per heavy atom. The highest BCUT2D eigenvalue weighted by Crippen LogP contribution is 2.37. The first-order chi connectivity index (χ1) is 5.20. The molecule has 0 aromatic carbocycles. The molecule has 0 aromatic rings. The molecule has 2 saturated heterocycles. The molecule has 2 heterocycles. The van der Waals surface area contributed by atoms with Gasteiger partial charge in [0.25, 0.3) is 0 Å². The molecule has 3 heteroatoms. The van der Waals surface area contributed by atoms with E-state index in [9.17, 15) is 4.79 Å². The fourth-order valence-electron chi connectivity index (χ4n) is 2.51. The topological polar surface area (TPSA) is 40.5 Å². The summed E-state index contributed by atoms with van der Waals surface area (Å²) in [7, 11) is 0. The molecular weight excluding hydrogens is 142 g/mol. The second-order valence-corrected chi connectivity index (χ2v) is 3.65. The Balaban J connectivity index is 2.17. The summed E-state index contributed by atoms with van der Waals surface area (Å²) in [6.45, 7) is 4.14. The third-order valence-electron chi connectivity index (χ3n) is 3.14. The highest BCUT2D eigenvalue weighted by atomic mass is 16.4. The molecule has 62 valence electrons. The van der Waals surface area contributed by atoms with Crippen molar-refractivity contribution >= 4 is 5.97 Å². The molecule has 2 bridgehead atoms. The van der Waals surface area contributed by atoms with Gasteiger partial charge in [0.05, 0.1) is 5.92 Å². The Hall–Kier alpha value is -0.570. The Morgan fingerprint density at radius 2 is 2.36 bits per heavy atom. The number of rotatable bonds is 1. The lowest BCUT2D eigenvalue weighted by Gasteiger charge is -2.25. The molecule has 0 radical (unpaired) electrons. The summed E-state index contributed by atoms with van der Waals surface area (Å²) in [5.41, 5.74) is 0. The van der Waals surface area contributed by atoms with Crippen molar-refractivity contribution in [1.29, 1.82) is 0 Å². The SMILES string of the molecule is CC1C(C(=O)O)C2CCN1C2. The van der Waals surface area contributed by atoms with Crippen molar-refractivity contribution < 1.29 is 9.90 Å². The van der Waals surface area contributed by atoms with E-state index in [1.165, 1.54) is 0 Å². The maximum atomic E-state index is 10.8. The summed E-state index contributed by atoms with van der Waals surface area (Å²) in [5.74, 6) is -0.268. The highest BCUT2D eigenvalue weighted by molar-refractivity contribution is 5.72. The maximum Gasteiger partial charge on any atom is 0.308 e. The zero-order valence-corrected chi connectivity index (χ0v) is 6.66. The first-order valence-corrected chi connectivity index (χ1v) is 4.17. The first kappa shape index (κ1) is 7.10. The molecule has 11 heavy (non-hydrogen) atoms. The van der Waals surface area contributed by atoms with Crippen LogP contribution in [0.4, 0.5) is 0 Å². The van der Waals surface area contributed by atoms with E-state index in [4.69, 9.17) is 5.11 Å². The lowest BCUT2D eigenvalue weighted by molar-refractivity contribution is -0.144. The molecule has 0 amide bonds. The van der Waals surface area contributed by atoms with Crippen molar-refractivity contribution in [3.8, 4) is 0 Å². The predicted molar refractivity (Wildman–Crippen MR) is 40.3 cm³/mol. The van der Waals surface area contributed by atoms with Crippen LogP contribution in [0.2, 0.25) is 0 Å². The number of carbonyl (C=O) groups is 1. The Labute approximate surface area is 66.0 Å². The van der Waals surface area contributed by atoms with Gasteiger partial charge in [0, 0.05) is 12.6 Å². The quantitative estimate of drug-likeness (QED) is 0.596. The van der Waals surface area contributed by atoms with Gasteiger partial charge in [-0.15, -0.1) is 0 Å². The molecule has 4 unspecified atom stereocenters. The number of hydrogen-bond donors (Lipinski definition) is 1. The minimum absolute atomic E-state index is 0.0938. The van der Waals surface area contributed by atoms with Crippen molar-refractivity contribution in [1.82, 2.24) is 4.90 Å². The van der Waals surface area contributed by atoms with Crippen molar-refractivity contribution in [2.75, 3.05) is 13.1 Å². The lowest BCUT2D eigenvalue weighted by Crippen LogP contribution is -2.37. The molecule has 2 aliphatic rings. The van der Waals surface area contributed by atoms with Crippen LogP contribution < -0.4 is 0 Å². The fraction of sp³-hybridized carbons (Fsp3) is 0.875. The van der Waals surface area contributed by atoms with E-state index in [0.717, 1.165) is 19.5 Å². The van der Waals surface area contributed by atoms with E-state index in [1.807, 2.05) is 6.92 Å². The van der Waals surface area contributed by atoms with Crippen molar-refractivity contribution in [2.45, 2.75) is 19.4 Å². The van der Waals surface area contributed by atoms with Gasteiger partial charge in [-0.05, 0) is 25.8 Å². The maximum absolute atomic E-state index is 10.8. The number of carboxylic acid groups (broad SMARTS) is 1. The summed E-state index contributed by atoms with van der Waals surface area (Å²) in [6.07, 6.45) is 1.08.